The third kappa shape index (κ3) is 3.87. The summed E-state index contributed by atoms with van der Waals surface area (Å²) in [5, 5.41) is 0. The average Bonchev–Trinajstić information content (AvgIpc) is 3.49. The predicted octanol–water partition coefficient (Wildman–Crippen LogP) is 6.19. The summed E-state index contributed by atoms with van der Waals surface area (Å²) in [6, 6.07) is 18.6. The Morgan fingerprint density at radius 3 is 2.54 bits per heavy atom. The number of carbonyl (C=O) groups excluding carboxylic acids is 1. The van der Waals surface area contributed by atoms with Crippen LogP contribution in [0.15, 0.2) is 60.7 Å². The largest absolute Gasteiger partial charge is 0.486 e. The molecule has 0 unspecified atom stereocenters. The Hall–Kier alpha value is -4.07. The molecule has 188 valence electrons. The number of aromatic amines is 1. The molecule has 3 aliphatic rings. The highest BCUT2D eigenvalue weighted by molar-refractivity contribution is 5.90. The highest BCUT2D eigenvalue weighted by atomic mass is 19.1. The molecular formula is C29H26FN3O4. The first kappa shape index (κ1) is 22.2. The number of carbonyl (C=O) groups is 1. The van der Waals surface area contributed by atoms with Crippen LogP contribution in [0.4, 0.5) is 14.9 Å². The highest BCUT2D eigenvalue weighted by Crippen LogP contribution is 2.44. The van der Waals surface area contributed by atoms with E-state index in [1.807, 2.05) is 18.2 Å². The summed E-state index contributed by atoms with van der Waals surface area (Å²) in [4.78, 5) is 22.5. The van der Waals surface area contributed by atoms with Crippen LogP contribution in [0.25, 0.3) is 22.2 Å². The quantitative estimate of drug-likeness (QED) is 0.364. The summed E-state index contributed by atoms with van der Waals surface area (Å²) in [6.45, 7) is 1.50. The molecule has 0 atom stereocenters. The summed E-state index contributed by atoms with van der Waals surface area (Å²) >= 11 is 0. The Morgan fingerprint density at radius 2 is 1.70 bits per heavy atom. The van der Waals surface area contributed by atoms with Gasteiger partial charge in [-0.2, -0.15) is 0 Å². The third-order valence-electron chi connectivity index (χ3n) is 7.77. The van der Waals surface area contributed by atoms with Crippen molar-refractivity contribution in [2.45, 2.75) is 37.2 Å². The molecule has 1 saturated carbocycles. The summed E-state index contributed by atoms with van der Waals surface area (Å²) in [5.41, 5.74) is 3.73. The van der Waals surface area contributed by atoms with Gasteiger partial charge in [-0.1, -0.05) is 24.3 Å². The number of ether oxygens (including phenoxy) is 3. The maximum absolute atomic E-state index is 14.3. The van der Waals surface area contributed by atoms with Gasteiger partial charge in [0.25, 0.3) is 0 Å². The molecule has 7 nitrogen and oxygen atoms in total. The van der Waals surface area contributed by atoms with Gasteiger partial charge in [-0.05, 0) is 73.2 Å². The highest BCUT2D eigenvalue weighted by Gasteiger charge is 2.48. The van der Waals surface area contributed by atoms with E-state index in [1.54, 1.807) is 18.2 Å². The molecule has 1 aliphatic carbocycles. The first-order chi connectivity index (χ1) is 18.1. The Morgan fingerprint density at radius 1 is 0.946 bits per heavy atom. The van der Waals surface area contributed by atoms with Gasteiger partial charge >= 0.3 is 6.09 Å². The number of H-pyrrole nitrogens is 1. The van der Waals surface area contributed by atoms with Crippen LogP contribution < -0.4 is 14.4 Å². The first-order valence-corrected chi connectivity index (χ1v) is 12.7. The second-order valence-electron chi connectivity index (χ2n) is 10.1. The topological polar surface area (TPSA) is 76.7 Å². The van der Waals surface area contributed by atoms with Crippen molar-refractivity contribution >= 4 is 22.8 Å². The van der Waals surface area contributed by atoms with Gasteiger partial charge in [-0.3, -0.25) is 4.90 Å². The zero-order valence-corrected chi connectivity index (χ0v) is 20.2. The van der Waals surface area contributed by atoms with E-state index in [1.165, 1.54) is 11.0 Å². The molecule has 1 amide bonds. The Labute approximate surface area is 213 Å². The lowest BCUT2D eigenvalue weighted by Gasteiger charge is -2.34. The number of fused-ring (bicyclic) bond motifs is 2. The first-order valence-electron chi connectivity index (χ1n) is 12.7. The smallest absolute Gasteiger partial charge is 0.415 e. The Kier molecular flexibility index (Phi) is 5.09. The molecule has 7 rings (SSSR count). The minimum absolute atomic E-state index is 0.247. The van der Waals surface area contributed by atoms with E-state index in [0.717, 1.165) is 52.3 Å². The van der Waals surface area contributed by atoms with E-state index in [9.17, 15) is 9.18 Å². The SMILES string of the molecule is O=C1O[C@]2(CC[C@H](c3nc4cc(-c5ccc6c(c5)OCCO6)ccc4[nH]3)CC2)CN1c1ccccc1F. The molecule has 37 heavy (non-hydrogen) atoms. The number of anilines is 1. The normalized spacial score (nSPS) is 23.0. The van der Waals surface area contributed by atoms with E-state index in [-0.39, 0.29) is 11.6 Å². The van der Waals surface area contributed by atoms with Crippen molar-refractivity contribution in [3.8, 4) is 22.6 Å². The van der Waals surface area contributed by atoms with Gasteiger partial charge in [0.15, 0.2) is 11.5 Å². The van der Waals surface area contributed by atoms with Crippen molar-refractivity contribution in [1.29, 1.82) is 0 Å². The number of rotatable bonds is 3. The van der Waals surface area contributed by atoms with Crippen LogP contribution in [-0.2, 0) is 4.74 Å². The van der Waals surface area contributed by atoms with Crippen LogP contribution in [0.2, 0.25) is 0 Å². The second kappa shape index (κ2) is 8.50. The van der Waals surface area contributed by atoms with Crippen molar-refractivity contribution in [1.82, 2.24) is 9.97 Å². The molecule has 0 bridgehead atoms. The van der Waals surface area contributed by atoms with Gasteiger partial charge in [-0.25, -0.2) is 14.2 Å². The van der Waals surface area contributed by atoms with E-state index in [2.05, 4.69) is 23.2 Å². The second-order valence-corrected chi connectivity index (χ2v) is 10.1. The molecule has 8 heteroatoms. The van der Waals surface area contributed by atoms with E-state index >= 15 is 0 Å². The molecule has 2 aliphatic heterocycles. The molecular weight excluding hydrogens is 473 g/mol. The van der Waals surface area contributed by atoms with Crippen LogP contribution in [0, 0.1) is 5.82 Å². The Bertz CT molecular complexity index is 1510. The fourth-order valence-electron chi connectivity index (χ4n) is 5.78. The third-order valence-corrected chi connectivity index (χ3v) is 7.77. The molecule has 1 saturated heterocycles. The number of nitrogens with one attached hydrogen (secondary N) is 1. The number of benzene rings is 3. The number of aromatic nitrogens is 2. The van der Waals surface area contributed by atoms with Gasteiger partial charge in [0.1, 0.15) is 30.5 Å². The molecule has 1 aromatic heterocycles. The number of hydrogen-bond donors (Lipinski definition) is 1. The van der Waals surface area contributed by atoms with Gasteiger partial charge in [-0.15, -0.1) is 0 Å². The van der Waals surface area contributed by atoms with Gasteiger partial charge < -0.3 is 19.2 Å². The van der Waals surface area contributed by atoms with Crippen LogP contribution in [-0.4, -0.2) is 41.4 Å². The monoisotopic (exact) mass is 499 g/mol. The Balaban J connectivity index is 1.08. The number of para-hydroxylation sites is 1. The van der Waals surface area contributed by atoms with Crippen molar-refractivity contribution in [3.05, 3.63) is 72.3 Å². The summed E-state index contributed by atoms with van der Waals surface area (Å²) in [6.07, 6.45) is 2.64. The van der Waals surface area contributed by atoms with E-state index in [0.29, 0.717) is 32.6 Å². The fourth-order valence-corrected chi connectivity index (χ4v) is 5.78. The van der Waals surface area contributed by atoms with Crippen LogP contribution in [0.1, 0.15) is 37.4 Å². The van der Waals surface area contributed by atoms with Crippen molar-refractivity contribution in [2.24, 2.45) is 0 Å². The number of imidazole rings is 1. The lowest BCUT2D eigenvalue weighted by atomic mass is 9.78. The van der Waals surface area contributed by atoms with E-state index < -0.39 is 17.5 Å². The lowest BCUT2D eigenvalue weighted by Crippen LogP contribution is -2.38. The summed E-state index contributed by atoms with van der Waals surface area (Å²) < 4.78 is 31.5. The predicted molar refractivity (Wildman–Crippen MR) is 137 cm³/mol. The summed E-state index contributed by atoms with van der Waals surface area (Å²) in [5.74, 6) is 2.33. The van der Waals surface area contributed by atoms with Gasteiger partial charge in [0, 0.05) is 5.92 Å². The minimum Gasteiger partial charge on any atom is -0.486 e. The minimum atomic E-state index is -0.576. The molecule has 4 aromatic rings. The van der Waals surface area contributed by atoms with Crippen LogP contribution in [0.5, 0.6) is 11.5 Å². The molecule has 0 radical (unpaired) electrons. The number of nitrogens with zero attached hydrogens (tertiary/aromatic N) is 2. The van der Waals surface area contributed by atoms with Crippen molar-refractivity contribution < 1.29 is 23.4 Å². The van der Waals surface area contributed by atoms with Crippen molar-refractivity contribution in [3.63, 3.8) is 0 Å². The zero-order valence-electron chi connectivity index (χ0n) is 20.2. The molecule has 1 N–H and O–H groups in total. The van der Waals surface area contributed by atoms with Crippen LogP contribution >= 0.6 is 0 Å². The maximum atomic E-state index is 14.3. The number of halogens is 1. The lowest BCUT2D eigenvalue weighted by molar-refractivity contribution is 0.0208. The standard InChI is InChI=1S/C29H26FN3O4/c30-21-3-1-2-4-24(21)33-17-29(37-28(33)34)11-9-18(10-12-29)27-31-22-7-5-19(15-23(22)32-27)20-6-8-25-26(16-20)36-14-13-35-25/h1-8,15-16,18H,9-14,17H2,(H,31,32)/t18-,29-. The zero-order chi connectivity index (χ0) is 25.0. The van der Waals surface area contributed by atoms with Crippen LogP contribution in [0.3, 0.4) is 0 Å². The van der Waals surface area contributed by atoms with Crippen molar-refractivity contribution in [2.75, 3.05) is 24.7 Å². The maximum Gasteiger partial charge on any atom is 0.415 e. The van der Waals surface area contributed by atoms with Gasteiger partial charge in [0.2, 0.25) is 0 Å². The molecule has 1 spiro atoms. The number of hydrogen-bond acceptors (Lipinski definition) is 5. The number of amides is 1. The molecule has 3 aromatic carbocycles. The molecule has 2 fully saturated rings. The van der Waals surface area contributed by atoms with Gasteiger partial charge in [0.05, 0.1) is 23.3 Å². The summed E-state index contributed by atoms with van der Waals surface area (Å²) in [7, 11) is 0. The molecule has 3 heterocycles. The van der Waals surface area contributed by atoms with E-state index in [4.69, 9.17) is 19.2 Å². The fraction of sp³-hybridized carbons (Fsp3) is 0.310. The average molecular weight is 500 g/mol.